The summed E-state index contributed by atoms with van der Waals surface area (Å²) in [5.41, 5.74) is 6.61. The highest BCUT2D eigenvalue weighted by Gasteiger charge is 2.13. The molecule has 0 aliphatic rings. The molecule has 27 heavy (non-hydrogen) atoms. The quantitative estimate of drug-likeness (QED) is 0.385. The summed E-state index contributed by atoms with van der Waals surface area (Å²) < 4.78 is 14.2. The van der Waals surface area contributed by atoms with Crippen molar-refractivity contribution in [3.8, 4) is 0 Å². The smallest absolute Gasteiger partial charge is 0.151 e. The van der Waals surface area contributed by atoms with Gasteiger partial charge in [-0.05, 0) is 66.5 Å². The van der Waals surface area contributed by atoms with Gasteiger partial charge in [0.25, 0.3) is 0 Å². The molecule has 4 rings (SSSR count). The number of hydrogen-bond acceptors (Lipinski definition) is 0. The number of aromatic amines is 2. The van der Waals surface area contributed by atoms with Gasteiger partial charge < -0.3 is 9.97 Å². The lowest BCUT2D eigenvalue weighted by molar-refractivity contribution is 0.628. The van der Waals surface area contributed by atoms with E-state index in [0.717, 1.165) is 18.4 Å². The summed E-state index contributed by atoms with van der Waals surface area (Å²) in [6.45, 7) is 8.45. The summed E-state index contributed by atoms with van der Waals surface area (Å²) in [5, 5.41) is 2.01. The van der Waals surface area contributed by atoms with E-state index in [1.165, 1.54) is 27.6 Å². The van der Waals surface area contributed by atoms with Crippen LogP contribution in [-0.4, -0.2) is 9.97 Å². The molecule has 0 radical (unpaired) electrons. The predicted molar refractivity (Wildman–Crippen MR) is 112 cm³/mol. The van der Waals surface area contributed by atoms with Gasteiger partial charge in [-0.25, -0.2) is 4.39 Å². The molecule has 0 saturated heterocycles. The Hall–Kier alpha value is -2.55. The van der Waals surface area contributed by atoms with Crippen LogP contribution >= 0.6 is 0 Å². The number of fused-ring (bicyclic) bond motifs is 2. The molecule has 0 amide bonds. The molecule has 140 valence electrons. The fourth-order valence-corrected chi connectivity index (χ4v) is 3.93. The monoisotopic (exact) mass is 362 g/mol. The maximum Gasteiger partial charge on any atom is 0.151 e. The van der Waals surface area contributed by atoms with Gasteiger partial charge in [0.1, 0.15) is 0 Å². The molecule has 2 aromatic carbocycles. The van der Waals surface area contributed by atoms with E-state index in [1.807, 2.05) is 12.1 Å². The van der Waals surface area contributed by atoms with Gasteiger partial charge in [-0.15, -0.1) is 0 Å². The standard InChI is InChI=1S/C24H27FN2/c1-14(2)17-7-9-20-19(13-26-23(20)12-17)6-5-15(3)18-8-10-22-21(11-18)24(25)16(4)27-22/h7-15,26-27H,5-6H2,1-4H3. The molecule has 0 fully saturated rings. The summed E-state index contributed by atoms with van der Waals surface area (Å²) in [4.78, 5) is 6.53. The van der Waals surface area contributed by atoms with Gasteiger partial charge in [-0.3, -0.25) is 0 Å². The topological polar surface area (TPSA) is 31.6 Å². The van der Waals surface area contributed by atoms with Crippen molar-refractivity contribution in [1.29, 1.82) is 0 Å². The van der Waals surface area contributed by atoms with Crippen LogP contribution in [0.4, 0.5) is 4.39 Å². The molecule has 2 heterocycles. The van der Waals surface area contributed by atoms with Gasteiger partial charge >= 0.3 is 0 Å². The first kappa shape index (κ1) is 17.8. The second-order valence-electron chi connectivity index (χ2n) is 8.08. The molecule has 0 saturated carbocycles. The van der Waals surface area contributed by atoms with E-state index in [4.69, 9.17) is 0 Å². The number of hydrogen-bond donors (Lipinski definition) is 2. The minimum atomic E-state index is -0.128. The number of H-pyrrole nitrogens is 2. The molecule has 2 aromatic heterocycles. The minimum Gasteiger partial charge on any atom is -0.361 e. The van der Waals surface area contributed by atoms with Crippen molar-refractivity contribution in [3.63, 3.8) is 0 Å². The summed E-state index contributed by atoms with van der Waals surface area (Å²) in [6.07, 6.45) is 4.18. The molecule has 2 nitrogen and oxygen atoms in total. The number of benzene rings is 2. The van der Waals surface area contributed by atoms with Gasteiger partial charge in [0.2, 0.25) is 0 Å². The van der Waals surface area contributed by atoms with Crippen LogP contribution in [0.1, 0.15) is 61.4 Å². The van der Waals surface area contributed by atoms with Gasteiger partial charge in [-0.1, -0.05) is 39.0 Å². The second kappa shape index (κ2) is 6.88. The Labute approximate surface area is 159 Å². The number of nitrogens with one attached hydrogen (secondary N) is 2. The van der Waals surface area contributed by atoms with Crippen molar-refractivity contribution in [1.82, 2.24) is 9.97 Å². The lowest BCUT2D eigenvalue weighted by atomic mass is 9.93. The summed E-state index contributed by atoms with van der Waals surface area (Å²) >= 11 is 0. The van der Waals surface area contributed by atoms with E-state index in [2.05, 4.69) is 61.2 Å². The zero-order valence-electron chi connectivity index (χ0n) is 16.5. The molecular formula is C24H27FN2. The maximum atomic E-state index is 14.2. The molecule has 2 N–H and O–H groups in total. The predicted octanol–water partition coefficient (Wildman–Crippen LogP) is 6.96. The Kier molecular flexibility index (Phi) is 4.55. The zero-order chi connectivity index (χ0) is 19.1. The third-order valence-corrected chi connectivity index (χ3v) is 5.81. The average Bonchev–Trinajstić information content (AvgIpc) is 3.19. The molecule has 0 aliphatic heterocycles. The first-order valence-corrected chi connectivity index (χ1v) is 9.81. The van der Waals surface area contributed by atoms with E-state index in [9.17, 15) is 4.39 Å². The molecular weight excluding hydrogens is 335 g/mol. The Bertz CT molecular complexity index is 1100. The van der Waals surface area contributed by atoms with Crippen molar-refractivity contribution >= 4 is 21.8 Å². The summed E-state index contributed by atoms with van der Waals surface area (Å²) in [7, 11) is 0. The molecule has 3 heteroatoms. The van der Waals surface area contributed by atoms with Crippen molar-refractivity contribution in [2.24, 2.45) is 0 Å². The van der Waals surface area contributed by atoms with Crippen molar-refractivity contribution < 1.29 is 4.39 Å². The van der Waals surface area contributed by atoms with Crippen LogP contribution in [0, 0.1) is 12.7 Å². The van der Waals surface area contributed by atoms with Crippen molar-refractivity contribution in [2.45, 2.75) is 52.4 Å². The summed E-state index contributed by atoms with van der Waals surface area (Å²) in [5.74, 6) is 0.786. The fraction of sp³-hybridized carbons (Fsp3) is 0.333. The lowest BCUT2D eigenvalue weighted by Crippen LogP contribution is -1.96. The highest BCUT2D eigenvalue weighted by molar-refractivity contribution is 5.84. The first-order chi connectivity index (χ1) is 12.9. The molecule has 4 aromatic rings. The molecule has 0 bridgehead atoms. The summed E-state index contributed by atoms with van der Waals surface area (Å²) in [6, 6.07) is 12.9. The zero-order valence-corrected chi connectivity index (χ0v) is 16.5. The highest BCUT2D eigenvalue weighted by atomic mass is 19.1. The lowest BCUT2D eigenvalue weighted by Gasteiger charge is -2.12. The minimum absolute atomic E-state index is 0.128. The van der Waals surface area contributed by atoms with Crippen LogP contribution in [-0.2, 0) is 6.42 Å². The third-order valence-electron chi connectivity index (χ3n) is 5.81. The van der Waals surface area contributed by atoms with E-state index in [0.29, 0.717) is 22.9 Å². The Morgan fingerprint density at radius 2 is 1.70 bits per heavy atom. The van der Waals surface area contributed by atoms with Gasteiger partial charge in [0.15, 0.2) is 5.82 Å². The maximum absolute atomic E-state index is 14.2. The van der Waals surface area contributed by atoms with Crippen LogP contribution in [0.5, 0.6) is 0 Å². The van der Waals surface area contributed by atoms with E-state index < -0.39 is 0 Å². The first-order valence-electron chi connectivity index (χ1n) is 9.81. The molecule has 1 unspecified atom stereocenters. The Morgan fingerprint density at radius 1 is 0.926 bits per heavy atom. The number of rotatable bonds is 5. The van der Waals surface area contributed by atoms with E-state index >= 15 is 0 Å². The molecule has 0 aliphatic carbocycles. The number of aryl methyl sites for hydroxylation is 2. The van der Waals surface area contributed by atoms with Gasteiger partial charge in [0.05, 0.1) is 0 Å². The second-order valence-corrected chi connectivity index (χ2v) is 8.08. The van der Waals surface area contributed by atoms with Crippen LogP contribution in [0.15, 0.2) is 42.6 Å². The van der Waals surface area contributed by atoms with E-state index in [1.54, 1.807) is 6.92 Å². The van der Waals surface area contributed by atoms with Crippen LogP contribution in [0.3, 0.4) is 0 Å². The Morgan fingerprint density at radius 3 is 2.48 bits per heavy atom. The third kappa shape index (κ3) is 3.27. The molecule has 1 atom stereocenters. The van der Waals surface area contributed by atoms with Crippen molar-refractivity contribution in [3.05, 3.63) is 70.8 Å². The number of aromatic nitrogens is 2. The van der Waals surface area contributed by atoms with Gasteiger partial charge in [0, 0.05) is 33.7 Å². The van der Waals surface area contributed by atoms with E-state index in [-0.39, 0.29) is 5.82 Å². The Balaban J connectivity index is 1.53. The normalized spacial score (nSPS) is 13.1. The van der Waals surface area contributed by atoms with Crippen LogP contribution < -0.4 is 0 Å². The van der Waals surface area contributed by atoms with Crippen LogP contribution in [0.25, 0.3) is 21.8 Å². The van der Waals surface area contributed by atoms with Crippen LogP contribution in [0.2, 0.25) is 0 Å². The van der Waals surface area contributed by atoms with Crippen molar-refractivity contribution in [2.75, 3.05) is 0 Å². The fourth-order valence-electron chi connectivity index (χ4n) is 3.93. The highest BCUT2D eigenvalue weighted by Crippen LogP contribution is 2.29. The largest absolute Gasteiger partial charge is 0.361 e. The number of halogens is 1. The molecule has 0 spiro atoms. The van der Waals surface area contributed by atoms with Gasteiger partial charge in [-0.2, -0.15) is 0 Å². The average molecular weight is 362 g/mol. The SMILES string of the molecule is Cc1[nH]c2ccc(C(C)CCc3c[nH]c4cc(C(C)C)ccc34)cc2c1F.